The monoisotopic (exact) mass is 491 g/mol. The summed E-state index contributed by atoms with van der Waals surface area (Å²) in [6, 6.07) is 14.8. The molecule has 0 atom stereocenters. The molecule has 4 aromatic rings. The van der Waals surface area contributed by atoms with Crippen molar-refractivity contribution in [3.63, 3.8) is 0 Å². The molecular formula is C25H21N3O4S2. The maximum atomic E-state index is 13.7. The lowest BCUT2D eigenvalue weighted by molar-refractivity contribution is -0.113. The Balaban J connectivity index is 1.32. The van der Waals surface area contributed by atoms with E-state index >= 15 is 0 Å². The second-order valence-electron chi connectivity index (χ2n) is 8.17. The molecule has 1 aliphatic heterocycles. The fourth-order valence-electron chi connectivity index (χ4n) is 4.39. The summed E-state index contributed by atoms with van der Waals surface area (Å²) in [6.45, 7) is 0.180. The number of rotatable bonds is 5. The first kappa shape index (κ1) is 21.2. The van der Waals surface area contributed by atoms with Crippen molar-refractivity contribution in [2.75, 3.05) is 17.9 Å². The number of nitrogens with zero attached hydrogens (tertiary/aromatic N) is 2. The third-order valence-corrected chi connectivity index (χ3v) is 8.09. The molecule has 0 spiro atoms. The minimum atomic E-state index is -0.191. The number of aryl methyl sites for hydroxylation is 2. The number of aromatic nitrogens is 2. The molecule has 9 heteroatoms. The van der Waals surface area contributed by atoms with E-state index < -0.39 is 0 Å². The first-order chi connectivity index (χ1) is 16.7. The molecule has 0 saturated carbocycles. The summed E-state index contributed by atoms with van der Waals surface area (Å²) in [5.41, 5.74) is 2.47. The number of carbonyl (C=O) groups is 1. The molecule has 1 amide bonds. The lowest BCUT2D eigenvalue weighted by Gasteiger charge is -2.13. The van der Waals surface area contributed by atoms with Gasteiger partial charge in [0.25, 0.3) is 5.56 Å². The molecule has 3 heterocycles. The molecule has 172 valence electrons. The van der Waals surface area contributed by atoms with Crippen molar-refractivity contribution in [3.8, 4) is 17.2 Å². The number of fused-ring (bicyclic) bond motifs is 4. The number of nitrogens with one attached hydrogen (secondary N) is 1. The number of ether oxygens (including phenoxy) is 2. The van der Waals surface area contributed by atoms with Crippen molar-refractivity contribution in [2.24, 2.45) is 0 Å². The van der Waals surface area contributed by atoms with Crippen LogP contribution in [0.15, 0.2) is 58.5 Å². The van der Waals surface area contributed by atoms with E-state index in [-0.39, 0.29) is 24.0 Å². The van der Waals surface area contributed by atoms with Crippen molar-refractivity contribution in [1.82, 2.24) is 9.55 Å². The Hall–Kier alpha value is -3.30. The van der Waals surface area contributed by atoms with E-state index in [1.54, 1.807) is 34.1 Å². The van der Waals surface area contributed by atoms with Gasteiger partial charge in [-0.15, -0.1) is 11.3 Å². The van der Waals surface area contributed by atoms with Gasteiger partial charge in [0, 0.05) is 16.6 Å². The zero-order valence-electron chi connectivity index (χ0n) is 18.2. The summed E-state index contributed by atoms with van der Waals surface area (Å²) in [4.78, 5) is 33.4. The second-order valence-corrected chi connectivity index (χ2v) is 10.2. The van der Waals surface area contributed by atoms with E-state index in [1.807, 2.05) is 30.3 Å². The molecule has 2 aliphatic rings. The highest BCUT2D eigenvalue weighted by molar-refractivity contribution is 7.99. The Labute approximate surface area is 203 Å². The van der Waals surface area contributed by atoms with Crippen LogP contribution in [0.4, 0.5) is 5.69 Å². The minimum Gasteiger partial charge on any atom is -0.454 e. The number of thioether (sulfide) groups is 1. The number of anilines is 1. The summed E-state index contributed by atoms with van der Waals surface area (Å²) < 4.78 is 12.3. The second kappa shape index (κ2) is 8.81. The average Bonchev–Trinajstić information content (AvgIpc) is 3.47. The van der Waals surface area contributed by atoms with Crippen LogP contribution in [0.5, 0.6) is 11.5 Å². The van der Waals surface area contributed by atoms with Crippen LogP contribution >= 0.6 is 23.1 Å². The largest absolute Gasteiger partial charge is 0.454 e. The average molecular weight is 492 g/mol. The van der Waals surface area contributed by atoms with Gasteiger partial charge in [-0.25, -0.2) is 4.98 Å². The summed E-state index contributed by atoms with van der Waals surface area (Å²) in [5, 5.41) is 4.14. The molecule has 0 fully saturated rings. The highest BCUT2D eigenvalue weighted by Gasteiger charge is 2.23. The van der Waals surface area contributed by atoms with Crippen LogP contribution in [0.3, 0.4) is 0 Å². The van der Waals surface area contributed by atoms with E-state index in [1.165, 1.54) is 16.6 Å². The molecule has 1 aliphatic carbocycles. The lowest BCUT2D eigenvalue weighted by atomic mass is 9.97. The van der Waals surface area contributed by atoms with E-state index in [0.29, 0.717) is 22.3 Å². The SMILES string of the molecule is O=C(CSc1nc2sc3c(c2c(=O)n1-c1ccccc1)CCCC3)Nc1ccc2c(c1)OCO2. The Morgan fingerprint density at radius 2 is 1.91 bits per heavy atom. The van der Waals surface area contributed by atoms with Crippen molar-refractivity contribution >= 4 is 44.9 Å². The van der Waals surface area contributed by atoms with Crippen LogP contribution in [0.1, 0.15) is 23.3 Å². The van der Waals surface area contributed by atoms with Crippen LogP contribution in [0.2, 0.25) is 0 Å². The fourth-order valence-corrected chi connectivity index (χ4v) is 6.50. The number of amides is 1. The lowest BCUT2D eigenvalue weighted by Crippen LogP contribution is -2.23. The van der Waals surface area contributed by atoms with E-state index in [0.717, 1.165) is 47.2 Å². The Morgan fingerprint density at radius 3 is 2.79 bits per heavy atom. The summed E-state index contributed by atoms with van der Waals surface area (Å²) >= 11 is 2.88. The Bertz CT molecular complexity index is 1460. The van der Waals surface area contributed by atoms with Crippen molar-refractivity contribution in [3.05, 3.63) is 69.3 Å². The van der Waals surface area contributed by atoms with Crippen molar-refractivity contribution in [2.45, 2.75) is 30.8 Å². The van der Waals surface area contributed by atoms with Crippen LogP contribution in [-0.4, -0.2) is 28.0 Å². The first-order valence-electron chi connectivity index (χ1n) is 11.1. The summed E-state index contributed by atoms with van der Waals surface area (Å²) in [6.07, 6.45) is 4.17. The maximum absolute atomic E-state index is 13.7. The molecular weight excluding hydrogens is 470 g/mol. The Kier molecular flexibility index (Phi) is 5.50. The predicted molar refractivity (Wildman–Crippen MR) is 134 cm³/mol. The molecule has 0 saturated heterocycles. The maximum Gasteiger partial charge on any atom is 0.267 e. The standard InChI is InChI=1S/C25H21N3O4S2/c29-21(26-15-10-11-18-19(12-15)32-14-31-18)13-33-25-27-23-22(17-8-4-5-9-20(17)34-23)24(30)28(25)16-6-2-1-3-7-16/h1-3,6-7,10-12H,4-5,8-9,13-14H2,(H,26,29). The number of hydrogen-bond donors (Lipinski definition) is 1. The molecule has 2 aromatic heterocycles. The third-order valence-electron chi connectivity index (χ3n) is 5.96. The van der Waals surface area contributed by atoms with Crippen molar-refractivity contribution in [1.29, 1.82) is 0 Å². The summed E-state index contributed by atoms with van der Waals surface area (Å²) in [7, 11) is 0. The highest BCUT2D eigenvalue weighted by Crippen LogP contribution is 2.36. The first-order valence-corrected chi connectivity index (χ1v) is 12.9. The smallest absolute Gasteiger partial charge is 0.267 e. The number of carbonyl (C=O) groups excluding carboxylic acids is 1. The molecule has 1 N–H and O–H groups in total. The normalized spacial score (nSPS) is 14.2. The summed E-state index contributed by atoms with van der Waals surface area (Å²) in [5.74, 6) is 1.19. The number of benzene rings is 2. The molecule has 34 heavy (non-hydrogen) atoms. The van der Waals surface area contributed by atoms with Gasteiger partial charge < -0.3 is 14.8 Å². The van der Waals surface area contributed by atoms with Crippen LogP contribution in [0.25, 0.3) is 15.9 Å². The van der Waals surface area contributed by atoms with Crippen LogP contribution < -0.4 is 20.3 Å². The quantitative estimate of drug-likeness (QED) is 0.319. The van der Waals surface area contributed by atoms with E-state index in [2.05, 4.69) is 5.32 Å². The number of para-hydroxylation sites is 1. The Morgan fingerprint density at radius 1 is 1.09 bits per heavy atom. The molecule has 0 bridgehead atoms. The topological polar surface area (TPSA) is 82.5 Å². The van der Waals surface area contributed by atoms with Gasteiger partial charge in [-0.05, 0) is 55.5 Å². The number of hydrogen-bond acceptors (Lipinski definition) is 7. The molecule has 0 unspecified atom stereocenters. The van der Waals surface area contributed by atoms with Gasteiger partial charge in [-0.2, -0.15) is 0 Å². The van der Waals surface area contributed by atoms with Gasteiger partial charge >= 0.3 is 0 Å². The molecule has 0 radical (unpaired) electrons. The van der Waals surface area contributed by atoms with Gasteiger partial charge in [-0.1, -0.05) is 30.0 Å². The van der Waals surface area contributed by atoms with Crippen LogP contribution in [0, 0.1) is 0 Å². The molecule has 7 nitrogen and oxygen atoms in total. The third kappa shape index (κ3) is 3.84. The van der Waals surface area contributed by atoms with E-state index in [4.69, 9.17) is 14.5 Å². The number of thiophene rings is 1. The van der Waals surface area contributed by atoms with Gasteiger partial charge in [-0.3, -0.25) is 14.2 Å². The zero-order valence-corrected chi connectivity index (χ0v) is 19.8. The zero-order chi connectivity index (χ0) is 23.1. The van der Waals surface area contributed by atoms with Gasteiger partial charge in [0.1, 0.15) is 4.83 Å². The molecule has 2 aromatic carbocycles. The molecule has 6 rings (SSSR count). The van der Waals surface area contributed by atoms with Crippen LogP contribution in [-0.2, 0) is 17.6 Å². The van der Waals surface area contributed by atoms with Gasteiger partial charge in [0.05, 0.1) is 16.8 Å². The predicted octanol–water partition coefficient (Wildman–Crippen LogP) is 4.79. The van der Waals surface area contributed by atoms with E-state index in [9.17, 15) is 9.59 Å². The van der Waals surface area contributed by atoms with Gasteiger partial charge in [0.2, 0.25) is 12.7 Å². The van der Waals surface area contributed by atoms with Gasteiger partial charge in [0.15, 0.2) is 16.7 Å². The fraction of sp³-hybridized carbons (Fsp3) is 0.240. The highest BCUT2D eigenvalue weighted by atomic mass is 32.2. The van der Waals surface area contributed by atoms with Crippen molar-refractivity contribution < 1.29 is 14.3 Å². The minimum absolute atomic E-state index is 0.0609.